The highest BCUT2D eigenvalue weighted by Gasteiger charge is 2.33. The van der Waals surface area contributed by atoms with Crippen molar-refractivity contribution in [3.8, 4) is 91.1 Å². The molecule has 0 atom stereocenters. The Bertz CT molecular complexity index is 7320. The minimum Gasteiger partial charge on any atom is -0.469 e. The Hall–Kier alpha value is -15.5. The predicted octanol–water partition coefficient (Wildman–Crippen LogP) is 22.7. The van der Waals surface area contributed by atoms with Crippen LogP contribution in [0, 0.1) is 74.3 Å². The average Bonchev–Trinajstić information content (AvgIpc) is 1.59. The first-order valence-corrected chi connectivity index (χ1v) is 55.3. The molecule has 26 heteroatoms. The van der Waals surface area contributed by atoms with Gasteiger partial charge in [0.25, 0.3) is 0 Å². The summed E-state index contributed by atoms with van der Waals surface area (Å²) >= 11 is 0. The zero-order valence-electron chi connectivity index (χ0n) is 86.2. The largest absolute Gasteiger partial charge is 0.469 e. The van der Waals surface area contributed by atoms with Gasteiger partial charge in [-0.3, -0.25) is 38.4 Å². The number of methoxy groups -OCH3 is 8. The van der Waals surface area contributed by atoms with E-state index in [-0.39, 0.29) is 103 Å². The second kappa shape index (κ2) is 45.2. The Morgan fingerprint density at radius 3 is 0.660 bits per heavy atom. The Balaban J connectivity index is 1.01. The van der Waals surface area contributed by atoms with Crippen LogP contribution in [0.2, 0.25) is 39.3 Å². The van der Waals surface area contributed by atoms with E-state index in [2.05, 4.69) is 118 Å². The number of carbonyl (C=O) groups is 8. The van der Waals surface area contributed by atoms with Crippen molar-refractivity contribution in [2.45, 2.75) is 197 Å². The van der Waals surface area contributed by atoms with Crippen LogP contribution in [0.3, 0.4) is 0 Å². The first-order chi connectivity index (χ1) is 68.9. The molecule has 0 fully saturated rings. The minimum absolute atomic E-state index is 0.0105. The number of carbonyl (C=O) groups excluding carboxylic acids is 8. The van der Waals surface area contributed by atoms with Gasteiger partial charge in [0.05, 0.1) is 124 Å². The van der Waals surface area contributed by atoms with Gasteiger partial charge in [-0.1, -0.05) is 111 Å². The normalized spacial score (nSPS) is 12.3. The summed E-state index contributed by atoms with van der Waals surface area (Å²) in [4.78, 5) is 146. The molecule has 10 aromatic rings. The zero-order chi connectivity index (χ0) is 103. The molecule has 24 nitrogen and oxygen atoms in total. The van der Waals surface area contributed by atoms with Crippen LogP contribution in [-0.2, 0) is 102 Å². The molecule has 14 rings (SSSR count). The van der Waals surface area contributed by atoms with Crippen molar-refractivity contribution in [1.82, 2.24) is 39.9 Å². The summed E-state index contributed by atoms with van der Waals surface area (Å²) in [6.07, 6.45) is 2.13. The van der Waals surface area contributed by atoms with E-state index in [0.29, 0.717) is 123 Å². The Morgan fingerprint density at radius 2 is 0.465 bits per heavy atom. The summed E-state index contributed by atoms with van der Waals surface area (Å²) in [6, 6.07) is 39.7. The lowest BCUT2D eigenvalue weighted by Gasteiger charge is -2.10. The maximum atomic E-state index is 13.5. The number of nitrogens with one attached hydrogen (secondary N) is 4. The summed E-state index contributed by atoms with van der Waals surface area (Å²) in [6.45, 7) is 29.3. The number of fused-ring (bicyclic) bond motifs is 16. The third-order valence-corrected chi connectivity index (χ3v) is 28.6. The first kappa shape index (κ1) is 104. The van der Waals surface area contributed by atoms with Gasteiger partial charge in [0.15, 0.2) is 0 Å². The molecule has 10 heterocycles. The lowest BCUT2D eigenvalue weighted by Crippen LogP contribution is -2.16. The van der Waals surface area contributed by atoms with E-state index in [0.717, 1.165) is 122 Å². The van der Waals surface area contributed by atoms with Crippen LogP contribution in [0.5, 0.6) is 0 Å². The van der Waals surface area contributed by atoms with Crippen molar-refractivity contribution in [1.29, 1.82) is 0 Å². The van der Waals surface area contributed by atoms with Crippen LogP contribution >= 0.6 is 0 Å². The quantitative estimate of drug-likeness (QED) is 0.0153. The summed E-state index contributed by atoms with van der Waals surface area (Å²) in [5.74, 6) is 16.8. The molecule has 738 valence electrons. The highest BCUT2D eigenvalue weighted by molar-refractivity contribution is 6.84. The number of nitrogens with zero attached hydrogens (tertiary/aromatic N) is 4. The minimum atomic E-state index is -1.87. The topological polar surface area (TPSA) is 325 Å². The first-order valence-electron chi connectivity index (χ1n) is 48.3. The number of ether oxygens (including phenoxy) is 8. The smallest absolute Gasteiger partial charge is 0.305 e. The fraction of sp³-hybridized carbons (Fsp3) is 0.322. The van der Waals surface area contributed by atoms with Gasteiger partial charge in [0.2, 0.25) is 0 Å². The summed E-state index contributed by atoms with van der Waals surface area (Å²) in [7, 11) is 7.20. The van der Waals surface area contributed by atoms with Gasteiger partial charge in [0, 0.05) is 118 Å². The number of rotatable bonds is 28. The third-order valence-electron chi connectivity index (χ3n) is 26.8. The Morgan fingerprint density at radius 1 is 0.271 bits per heavy atom. The molecule has 16 bridgehead atoms. The molecule has 0 saturated carbocycles. The van der Waals surface area contributed by atoms with Crippen molar-refractivity contribution in [2.75, 3.05) is 56.9 Å². The van der Waals surface area contributed by atoms with Crippen molar-refractivity contribution >= 4 is 153 Å². The molecule has 0 unspecified atom stereocenters. The van der Waals surface area contributed by atoms with E-state index in [1.54, 1.807) is 0 Å². The van der Waals surface area contributed by atoms with Crippen LogP contribution in [0.4, 0.5) is 0 Å². The highest BCUT2D eigenvalue weighted by atomic mass is 28.3. The second-order valence-corrected chi connectivity index (χ2v) is 47.9. The predicted molar refractivity (Wildman–Crippen MR) is 573 cm³/mol. The molecular weight excluding hydrogens is 1840 g/mol. The van der Waals surface area contributed by atoms with Crippen LogP contribution in [0.15, 0.2) is 121 Å². The van der Waals surface area contributed by atoms with E-state index < -0.39 is 63.9 Å². The molecule has 0 spiro atoms. The molecule has 0 radical (unpaired) electrons. The molecule has 144 heavy (non-hydrogen) atoms. The molecule has 0 aliphatic carbocycles. The van der Waals surface area contributed by atoms with E-state index in [4.69, 9.17) is 57.8 Å². The van der Waals surface area contributed by atoms with E-state index in [1.807, 2.05) is 165 Å². The fourth-order valence-corrected chi connectivity index (χ4v) is 20.1. The van der Waals surface area contributed by atoms with Gasteiger partial charge in [-0.15, -0.1) is 11.1 Å². The molecule has 0 saturated heterocycles. The van der Waals surface area contributed by atoms with Gasteiger partial charge >= 0.3 is 47.8 Å². The molecule has 4 aromatic carbocycles. The zero-order valence-corrected chi connectivity index (χ0v) is 88.2. The van der Waals surface area contributed by atoms with E-state index >= 15 is 0 Å². The van der Waals surface area contributed by atoms with E-state index in [9.17, 15) is 38.4 Å². The van der Waals surface area contributed by atoms with Crippen molar-refractivity contribution < 1.29 is 76.3 Å². The monoisotopic (exact) mass is 1960 g/mol. The molecule has 0 amide bonds. The van der Waals surface area contributed by atoms with Crippen molar-refractivity contribution in [3.63, 3.8) is 0 Å². The van der Waals surface area contributed by atoms with Gasteiger partial charge < -0.3 is 57.8 Å². The average molecular weight is 1960 g/mol. The molecule has 6 aromatic heterocycles. The number of allylic oxidation sites excluding steroid dienone is 8. The number of benzene rings is 4. The maximum absolute atomic E-state index is 13.5. The maximum Gasteiger partial charge on any atom is 0.305 e. The van der Waals surface area contributed by atoms with Gasteiger partial charge in [-0.05, 0) is 303 Å². The standard InChI is InChI=1S/C118H122N8O16Si2/c1-67-83(39-47-99(127)135-9)91-63-95-87(43-51-103(131)139-13)71(5)115(123-95)109(81-37-27-33-77(61-81)55-57-143(17,18)19)116-72(6)88(44-52-104(132)140-14)96(124-116)64-92-84(40-48-100(128)136-10)68(2)112(120-92)107(111(67)119-91)79-35-25-31-75(59-79)29-23-24-30-76-32-26-36-80(60-76)108-113-69(3)85(41-49-101(129)137-11)93(121-113)65-97-89(45-53-105(133)141-15)73(7)117(125-97)110(82-38-28-34-78(62-82)56-58-144(20,21)22)118-74(8)90(46-54-106(134)142-16)98(126-118)66-94-86(42-50-102(130)138-12)70(4)114(108)122-94/h25-28,31-38,59-66,119,121,124,126H,39-54H2,1-22H3. The van der Waals surface area contributed by atoms with Crippen LogP contribution < -0.4 is 0 Å². The van der Waals surface area contributed by atoms with Crippen molar-refractivity contribution in [2.24, 2.45) is 0 Å². The van der Waals surface area contributed by atoms with Gasteiger partial charge in [-0.2, -0.15) is 0 Å². The van der Waals surface area contributed by atoms with Crippen molar-refractivity contribution in [3.05, 3.63) is 234 Å². The van der Waals surface area contributed by atoms with Crippen LogP contribution in [0.1, 0.15) is 217 Å². The number of aromatic nitrogens is 8. The molecule has 4 aliphatic rings. The van der Waals surface area contributed by atoms with Gasteiger partial charge in [0.1, 0.15) is 16.1 Å². The Labute approximate surface area is 842 Å². The van der Waals surface area contributed by atoms with Gasteiger partial charge in [-0.25, -0.2) is 19.9 Å². The highest BCUT2D eigenvalue weighted by Crippen LogP contribution is 2.49. The molecule has 4 N–H and O–H groups in total. The van der Waals surface area contributed by atoms with E-state index in [1.165, 1.54) is 56.9 Å². The number of hydrogen-bond donors (Lipinski definition) is 4. The fourth-order valence-electron chi connectivity index (χ4n) is 19.1. The lowest BCUT2D eigenvalue weighted by molar-refractivity contribution is -0.141. The number of aromatic amines is 4. The number of esters is 8. The van der Waals surface area contributed by atoms with Crippen LogP contribution in [0.25, 0.3) is 133 Å². The number of hydrogen-bond acceptors (Lipinski definition) is 20. The summed E-state index contributed by atoms with van der Waals surface area (Å²) in [5, 5.41) is 0. The molecular formula is C118H122N8O16Si2. The summed E-state index contributed by atoms with van der Waals surface area (Å²) in [5.41, 5.74) is 38.3. The SMILES string of the molecule is COC(=O)CCC1=C(C)c2nc1cc1[nH]c(c(C)c1CCC(=O)OC)c(-c1cccc(C#CC#Cc3cccc(-c4c5nc(cc6[nH]c(c(C)c6CCC(=O)OC)c(-c6cccc(C#C[Si](C)(C)C)c6)c6nc(cc7[nH]c4c(C)c7CCC(=O)OC)C(CCC(=O)OC)=C6C)C(CCC(=O)OC)=C5C)c3)c1)c1nc(cc3[nH]c(c(C)c3CCC(=O)OC)c2-c2cccc(C#C[Si](C)(C)C)c2)C(CCC(=O)OC)=C1C. The lowest BCUT2D eigenvalue weighted by atomic mass is 9.93. The second-order valence-electron chi connectivity index (χ2n) is 38.4. The third kappa shape index (κ3) is 23.5. The summed E-state index contributed by atoms with van der Waals surface area (Å²) < 4.78 is 42.5. The number of H-pyrrole nitrogens is 4. The Kier molecular flexibility index (Phi) is 32.7. The number of aryl methyl sites for hydroxylation is 8. The van der Waals surface area contributed by atoms with Crippen LogP contribution in [-0.4, -0.2) is 161 Å². The molecule has 4 aliphatic heterocycles.